The van der Waals surface area contributed by atoms with Gasteiger partial charge in [-0.05, 0) is 13.8 Å². The van der Waals surface area contributed by atoms with Gasteiger partial charge in [0.05, 0.1) is 17.3 Å². The Morgan fingerprint density at radius 1 is 1.58 bits per heavy atom. The molecule has 0 saturated carbocycles. The quantitative estimate of drug-likeness (QED) is 0.648. The maximum Gasteiger partial charge on any atom is 0.194 e. The molecule has 0 aliphatic rings. The van der Waals surface area contributed by atoms with Gasteiger partial charge in [-0.2, -0.15) is 0 Å². The van der Waals surface area contributed by atoms with Crippen molar-refractivity contribution >= 4 is 27.9 Å². The Kier molecular flexibility index (Phi) is 1.85. The van der Waals surface area contributed by atoms with Crippen molar-refractivity contribution in [2.75, 3.05) is 0 Å². The lowest BCUT2D eigenvalue weighted by atomic mass is 10.4. The van der Waals surface area contributed by atoms with E-state index < -0.39 is 0 Å². The molecular formula is C8H9ClN2S. The molecule has 64 valence electrons. The predicted molar refractivity (Wildman–Crippen MR) is 52.1 cm³/mol. The van der Waals surface area contributed by atoms with Crippen molar-refractivity contribution in [1.29, 1.82) is 0 Å². The molecule has 0 amide bonds. The molecule has 0 spiro atoms. The first kappa shape index (κ1) is 8.08. The first-order valence-corrected chi connectivity index (χ1v) is 5.07. The van der Waals surface area contributed by atoms with Gasteiger partial charge in [0, 0.05) is 11.1 Å². The van der Waals surface area contributed by atoms with Crippen LogP contribution in [-0.4, -0.2) is 9.38 Å². The molecule has 0 bridgehead atoms. The summed E-state index contributed by atoms with van der Waals surface area (Å²) >= 11 is 7.50. The number of aryl methyl sites for hydroxylation is 2. The van der Waals surface area contributed by atoms with E-state index in [2.05, 4.69) is 22.5 Å². The molecule has 2 nitrogen and oxygen atoms in total. The van der Waals surface area contributed by atoms with E-state index in [-0.39, 0.29) is 0 Å². The smallest absolute Gasteiger partial charge is 0.194 e. The molecule has 2 heterocycles. The third-order valence-electron chi connectivity index (χ3n) is 1.87. The lowest BCUT2D eigenvalue weighted by Gasteiger charge is -1.91. The summed E-state index contributed by atoms with van der Waals surface area (Å²) in [7, 11) is 0. The van der Waals surface area contributed by atoms with Crippen molar-refractivity contribution in [3.63, 3.8) is 0 Å². The highest BCUT2D eigenvalue weighted by atomic mass is 35.5. The zero-order valence-electron chi connectivity index (χ0n) is 6.97. The van der Waals surface area contributed by atoms with Crippen molar-refractivity contribution in [2.45, 2.75) is 19.7 Å². The summed E-state index contributed by atoms with van der Waals surface area (Å²) in [5, 5.41) is 0. The second kappa shape index (κ2) is 2.75. The Balaban J connectivity index is 2.78. The van der Waals surface area contributed by atoms with E-state index in [1.807, 2.05) is 6.92 Å². The number of imidazole rings is 1. The van der Waals surface area contributed by atoms with Gasteiger partial charge in [0.25, 0.3) is 0 Å². The van der Waals surface area contributed by atoms with Crippen LogP contribution in [0.2, 0.25) is 0 Å². The van der Waals surface area contributed by atoms with Gasteiger partial charge < -0.3 is 0 Å². The van der Waals surface area contributed by atoms with E-state index >= 15 is 0 Å². The summed E-state index contributed by atoms with van der Waals surface area (Å²) in [5.74, 6) is 0.531. The van der Waals surface area contributed by atoms with Crippen LogP contribution in [-0.2, 0) is 5.88 Å². The Morgan fingerprint density at radius 2 is 2.33 bits per heavy atom. The standard InChI is InChI=1S/C8H9ClN2S/c1-5-4-11-7(3-9)6(2)10-8(11)12-5/h4H,3H2,1-2H3. The molecule has 0 radical (unpaired) electrons. The van der Waals surface area contributed by atoms with Crippen LogP contribution in [0.4, 0.5) is 0 Å². The van der Waals surface area contributed by atoms with Gasteiger partial charge in [-0.25, -0.2) is 4.98 Å². The van der Waals surface area contributed by atoms with E-state index in [1.165, 1.54) is 4.88 Å². The molecule has 2 rings (SSSR count). The monoisotopic (exact) mass is 200 g/mol. The molecule has 0 saturated heterocycles. The fraction of sp³-hybridized carbons (Fsp3) is 0.375. The Bertz CT molecular complexity index is 416. The minimum Gasteiger partial charge on any atom is -0.293 e. The molecule has 0 fully saturated rings. The minimum absolute atomic E-state index is 0.531. The molecule has 12 heavy (non-hydrogen) atoms. The Morgan fingerprint density at radius 3 is 3.00 bits per heavy atom. The van der Waals surface area contributed by atoms with Crippen molar-refractivity contribution in [3.05, 3.63) is 22.5 Å². The molecule has 0 unspecified atom stereocenters. The van der Waals surface area contributed by atoms with Gasteiger partial charge in [0.2, 0.25) is 0 Å². The fourth-order valence-electron chi connectivity index (χ4n) is 1.27. The second-order valence-electron chi connectivity index (χ2n) is 2.77. The highest BCUT2D eigenvalue weighted by molar-refractivity contribution is 7.17. The van der Waals surface area contributed by atoms with E-state index in [0.29, 0.717) is 5.88 Å². The van der Waals surface area contributed by atoms with E-state index in [4.69, 9.17) is 11.6 Å². The van der Waals surface area contributed by atoms with Gasteiger partial charge in [0.15, 0.2) is 4.96 Å². The summed E-state index contributed by atoms with van der Waals surface area (Å²) in [4.78, 5) is 6.71. The number of fused-ring (bicyclic) bond motifs is 1. The van der Waals surface area contributed by atoms with Crippen LogP contribution >= 0.6 is 22.9 Å². The van der Waals surface area contributed by atoms with Crippen molar-refractivity contribution in [3.8, 4) is 0 Å². The van der Waals surface area contributed by atoms with Crippen LogP contribution in [0.15, 0.2) is 6.20 Å². The molecular weight excluding hydrogens is 192 g/mol. The maximum atomic E-state index is 5.81. The van der Waals surface area contributed by atoms with Gasteiger partial charge in [0.1, 0.15) is 0 Å². The highest BCUT2D eigenvalue weighted by Crippen LogP contribution is 2.21. The van der Waals surface area contributed by atoms with Gasteiger partial charge >= 0.3 is 0 Å². The molecule has 0 atom stereocenters. The van der Waals surface area contributed by atoms with Crippen LogP contribution in [0.5, 0.6) is 0 Å². The number of aromatic nitrogens is 2. The van der Waals surface area contributed by atoms with Crippen LogP contribution in [0.3, 0.4) is 0 Å². The summed E-state index contributed by atoms with van der Waals surface area (Å²) in [6.45, 7) is 4.07. The normalized spacial score (nSPS) is 11.2. The number of halogens is 1. The third-order valence-corrected chi connectivity index (χ3v) is 3.02. The number of thiazole rings is 1. The average molecular weight is 201 g/mol. The zero-order valence-corrected chi connectivity index (χ0v) is 8.54. The van der Waals surface area contributed by atoms with E-state index in [9.17, 15) is 0 Å². The Hall–Kier alpha value is -0.540. The van der Waals surface area contributed by atoms with E-state index in [0.717, 1.165) is 16.3 Å². The number of hydrogen-bond acceptors (Lipinski definition) is 2. The van der Waals surface area contributed by atoms with Crippen molar-refractivity contribution < 1.29 is 0 Å². The van der Waals surface area contributed by atoms with Crippen molar-refractivity contribution in [2.24, 2.45) is 0 Å². The molecule has 4 heteroatoms. The number of alkyl halides is 1. The summed E-state index contributed by atoms with van der Waals surface area (Å²) in [6, 6.07) is 0. The summed E-state index contributed by atoms with van der Waals surface area (Å²) < 4.78 is 2.07. The lowest BCUT2D eigenvalue weighted by molar-refractivity contribution is 1.08. The maximum absolute atomic E-state index is 5.81. The predicted octanol–water partition coefficient (Wildman–Crippen LogP) is 2.75. The number of rotatable bonds is 1. The second-order valence-corrected chi connectivity index (χ2v) is 4.25. The van der Waals surface area contributed by atoms with Gasteiger partial charge in [-0.1, -0.05) is 0 Å². The fourth-order valence-corrected chi connectivity index (χ4v) is 2.48. The lowest BCUT2D eigenvalue weighted by Crippen LogP contribution is -1.86. The summed E-state index contributed by atoms with van der Waals surface area (Å²) in [5.41, 5.74) is 2.15. The molecule has 0 N–H and O–H groups in total. The molecule has 0 aromatic carbocycles. The largest absolute Gasteiger partial charge is 0.293 e. The molecule has 0 aliphatic heterocycles. The van der Waals surface area contributed by atoms with Crippen LogP contribution in [0.1, 0.15) is 16.3 Å². The highest BCUT2D eigenvalue weighted by Gasteiger charge is 2.08. The average Bonchev–Trinajstić information content (AvgIpc) is 2.43. The van der Waals surface area contributed by atoms with Gasteiger partial charge in [-0.15, -0.1) is 22.9 Å². The van der Waals surface area contributed by atoms with Gasteiger partial charge in [-0.3, -0.25) is 4.40 Å². The van der Waals surface area contributed by atoms with Crippen LogP contribution in [0.25, 0.3) is 4.96 Å². The topological polar surface area (TPSA) is 17.3 Å². The van der Waals surface area contributed by atoms with Crippen molar-refractivity contribution in [1.82, 2.24) is 9.38 Å². The number of hydrogen-bond donors (Lipinski definition) is 0. The molecule has 2 aromatic rings. The van der Waals surface area contributed by atoms with Crippen LogP contribution < -0.4 is 0 Å². The molecule has 0 aliphatic carbocycles. The summed E-state index contributed by atoms with van der Waals surface area (Å²) in [6.07, 6.45) is 2.08. The molecule has 2 aromatic heterocycles. The SMILES string of the molecule is Cc1cn2c(CCl)c(C)nc2s1. The van der Waals surface area contributed by atoms with Crippen LogP contribution in [0, 0.1) is 13.8 Å². The minimum atomic E-state index is 0.531. The Labute approximate surface area is 79.8 Å². The first-order valence-electron chi connectivity index (χ1n) is 3.72. The first-order chi connectivity index (χ1) is 5.72. The number of nitrogens with zero attached hydrogens (tertiary/aromatic N) is 2. The van der Waals surface area contributed by atoms with E-state index in [1.54, 1.807) is 11.3 Å². The zero-order chi connectivity index (χ0) is 8.72. The third kappa shape index (κ3) is 1.04.